The largest absolute Gasteiger partial charge is 0.480 e. The van der Waals surface area contributed by atoms with Crippen LogP contribution >= 0.6 is 49.9 Å². The molecule has 1 aliphatic heterocycles. The lowest BCUT2D eigenvalue weighted by Crippen LogP contribution is -2.40. The summed E-state index contributed by atoms with van der Waals surface area (Å²) in [5.74, 6) is -0.270. The number of benzene rings is 3. The maximum atomic E-state index is 14.4. The van der Waals surface area contributed by atoms with Crippen LogP contribution in [0.4, 0.5) is 0 Å². The number of ether oxygens (including phenoxy) is 3. The van der Waals surface area contributed by atoms with E-state index < -0.39 is 18.0 Å². The Morgan fingerprint density at radius 2 is 1.74 bits per heavy atom. The quantitative estimate of drug-likeness (QED) is 0.137. The molecule has 3 aromatic carbocycles. The first-order chi connectivity index (χ1) is 22.1. The summed E-state index contributed by atoms with van der Waals surface area (Å²) in [6, 6.07) is 20.3. The Bertz CT molecular complexity index is 1980. The number of hydrogen-bond donors (Lipinski definition) is 0. The molecule has 0 bridgehead atoms. The monoisotopic (exact) mass is 814 g/mol. The number of aromatic nitrogens is 1. The van der Waals surface area contributed by atoms with E-state index in [2.05, 4.69) is 52.4 Å². The number of halogens is 2. The lowest BCUT2D eigenvalue weighted by Gasteiger charge is -2.26. The van der Waals surface area contributed by atoms with Gasteiger partial charge in [0.2, 0.25) is 0 Å². The van der Waals surface area contributed by atoms with Crippen LogP contribution in [0.2, 0.25) is 0 Å². The van der Waals surface area contributed by atoms with Crippen LogP contribution in [0.25, 0.3) is 11.8 Å². The van der Waals surface area contributed by atoms with Gasteiger partial charge in [-0.3, -0.25) is 9.36 Å². The SMILES string of the molecule is CCOC(=O)COc1c(I)cc(Br)cc1/C=c1\sc2n(c1=O)[C@H](c1ccc(C(C)C)cc1)C(C(=O)OCC)=C(c1ccccc1)N=2. The van der Waals surface area contributed by atoms with Crippen molar-refractivity contribution >= 4 is 73.6 Å². The van der Waals surface area contributed by atoms with E-state index in [-0.39, 0.29) is 25.4 Å². The Balaban J connectivity index is 1.76. The molecule has 0 fully saturated rings. The van der Waals surface area contributed by atoms with E-state index in [0.29, 0.717) is 37.8 Å². The zero-order valence-electron chi connectivity index (χ0n) is 25.7. The van der Waals surface area contributed by atoms with Crippen LogP contribution < -0.4 is 19.6 Å². The smallest absolute Gasteiger partial charge is 0.344 e. The zero-order valence-corrected chi connectivity index (χ0v) is 30.3. The van der Waals surface area contributed by atoms with Gasteiger partial charge >= 0.3 is 11.9 Å². The van der Waals surface area contributed by atoms with Crippen LogP contribution in [0.5, 0.6) is 5.75 Å². The van der Waals surface area contributed by atoms with Gasteiger partial charge in [0.25, 0.3) is 5.56 Å². The average molecular weight is 816 g/mol. The molecule has 5 rings (SSSR count). The van der Waals surface area contributed by atoms with E-state index in [0.717, 1.165) is 24.7 Å². The lowest BCUT2D eigenvalue weighted by atomic mass is 9.91. The van der Waals surface area contributed by atoms with Gasteiger partial charge < -0.3 is 14.2 Å². The van der Waals surface area contributed by atoms with Gasteiger partial charge in [-0.15, -0.1) is 0 Å². The Morgan fingerprint density at radius 3 is 2.39 bits per heavy atom. The van der Waals surface area contributed by atoms with Crippen molar-refractivity contribution < 1.29 is 23.8 Å². The lowest BCUT2D eigenvalue weighted by molar-refractivity contribution is -0.145. The maximum absolute atomic E-state index is 14.4. The van der Waals surface area contributed by atoms with E-state index >= 15 is 0 Å². The second kappa shape index (κ2) is 14.9. The third kappa shape index (κ3) is 7.21. The van der Waals surface area contributed by atoms with Crippen LogP contribution in [-0.2, 0) is 19.1 Å². The summed E-state index contributed by atoms with van der Waals surface area (Å²) >= 11 is 6.89. The summed E-state index contributed by atoms with van der Waals surface area (Å²) < 4.78 is 20.0. The predicted octanol–water partition coefficient (Wildman–Crippen LogP) is 6.37. The van der Waals surface area contributed by atoms with Crippen molar-refractivity contribution in [2.45, 2.75) is 39.7 Å². The molecule has 46 heavy (non-hydrogen) atoms. The highest BCUT2D eigenvalue weighted by Crippen LogP contribution is 2.36. The highest BCUT2D eigenvalue weighted by atomic mass is 127. The zero-order chi connectivity index (χ0) is 33.0. The number of rotatable bonds is 10. The molecule has 0 spiro atoms. The fourth-order valence-electron chi connectivity index (χ4n) is 5.13. The van der Waals surface area contributed by atoms with Gasteiger partial charge in [-0.25, -0.2) is 14.6 Å². The predicted molar refractivity (Wildman–Crippen MR) is 191 cm³/mol. The van der Waals surface area contributed by atoms with Crippen molar-refractivity contribution in [1.82, 2.24) is 4.57 Å². The number of thiazole rings is 1. The third-order valence-electron chi connectivity index (χ3n) is 7.26. The molecule has 0 aliphatic carbocycles. The number of esters is 2. The molecule has 8 nitrogen and oxygen atoms in total. The minimum absolute atomic E-state index is 0.171. The van der Waals surface area contributed by atoms with E-state index in [1.165, 1.54) is 11.3 Å². The Hall–Kier alpha value is -3.55. The summed E-state index contributed by atoms with van der Waals surface area (Å²) in [5.41, 5.74) is 3.67. The van der Waals surface area contributed by atoms with Crippen molar-refractivity contribution in [2.75, 3.05) is 19.8 Å². The summed E-state index contributed by atoms with van der Waals surface area (Å²) in [4.78, 5) is 45.5. The Kier molecular flexibility index (Phi) is 11.0. The number of carbonyl (C=O) groups excluding carboxylic acids is 2. The van der Waals surface area contributed by atoms with Gasteiger partial charge in [0, 0.05) is 15.6 Å². The molecule has 0 N–H and O–H groups in total. The molecule has 1 atom stereocenters. The van der Waals surface area contributed by atoms with E-state index in [1.54, 1.807) is 24.5 Å². The fraction of sp³-hybridized carbons (Fsp3) is 0.257. The first-order valence-electron chi connectivity index (χ1n) is 14.8. The fourth-order valence-corrected chi connectivity index (χ4v) is 7.83. The van der Waals surface area contributed by atoms with Crippen LogP contribution in [0, 0.1) is 3.57 Å². The molecule has 1 aliphatic rings. The molecule has 1 aromatic heterocycles. The number of nitrogens with zero attached hydrogens (tertiary/aromatic N) is 2. The first kappa shape index (κ1) is 33.8. The van der Waals surface area contributed by atoms with E-state index in [1.807, 2.05) is 66.7 Å². The molecule has 11 heteroatoms. The molecule has 0 saturated carbocycles. The third-order valence-corrected chi connectivity index (χ3v) is 9.50. The average Bonchev–Trinajstić information content (AvgIpc) is 3.34. The molecule has 238 valence electrons. The number of hydrogen-bond acceptors (Lipinski definition) is 8. The minimum Gasteiger partial charge on any atom is -0.480 e. The van der Waals surface area contributed by atoms with Gasteiger partial charge in [-0.1, -0.05) is 95.7 Å². The van der Waals surface area contributed by atoms with Gasteiger partial charge in [0.1, 0.15) is 5.75 Å². The normalized spacial score (nSPS) is 14.6. The Labute approximate surface area is 292 Å². The van der Waals surface area contributed by atoms with Crippen LogP contribution in [0.3, 0.4) is 0 Å². The summed E-state index contributed by atoms with van der Waals surface area (Å²) in [7, 11) is 0. The summed E-state index contributed by atoms with van der Waals surface area (Å²) in [5, 5.41) is 0. The second-order valence-corrected chi connectivity index (χ2v) is 13.7. The van der Waals surface area contributed by atoms with Crippen molar-refractivity contribution in [3.05, 3.63) is 122 Å². The van der Waals surface area contributed by atoms with Crippen LogP contribution in [0.15, 0.2) is 86.6 Å². The summed E-state index contributed by atoms with van der Waals surface area (Å²) in [6.45, 7) is 7.85. The summed E-state index contributed by atoms with van der Waals surface area (Å²) in [6.07, 6.45) is 1.73. The Morgan fingerprint density at radius 1 is 1.04 bits per heavy atom. The molecule has 2 heterocycles. The highest BCUT2D eigenvalue weighted by Gasteiger charge is 2.35. The van der Waals surface area contributed by atoms with Crippen LogP contribution in [-0.4, -0.2) is 36.3 Å². The maximum Gasteiger partial charge on any atom is 0.344 e. The van der Waals surface area contributed by atoms with E-state index in [9.17, 15) is 14.4 Å². The molecule has 0 amide bonds. The molecule has 0 radical (unpaired) electrons. The van der Waals surface area contributed by atoms with Gasteiger partial charge in [0.05, 0.1) is 38.6 Å². The number of carbonyl (C=O) groups is 2. The minimum atomic E-state index is -0.781. The van der Waals surface area contributed by atoms with Crippen molar-refractivity contribution in [3.63, 3.8) is 0 Å². The van der Waals surface area contributed by atoms with Crippen LogP contribution in [0.1, 0.15) is 61.9 Å². The molecule has 0 saturated heterocycles. The topological polar surface area (TPSA) is 96.2 Å². The first-order valence-corrected chi connectivity index (χ1v) is 17.5. The van der Waals surface area contributed by atoms with Gasteiger partial charge in [-0.05, 0) is 71.7 Å². The van der Waals surface area contributed by atoms with Crippen molar-refractivity contribution in [2.24, 2.45) is 4.99 Å². The molecule has 0 unspecified atom stereocenters. The van der Waals surface area contributed by atoms with Gasteiger partial charge in [0.15, 0.2) is 11.4 Å². The molecular formula is C35H32BrIN2O6S. The highest BCUT2D eigenvalue weighted by molar-refractivity contribution is 14.1. The number of fused-ring (bicyclic) bond motifs is 1. The molecule has 4 aromatic rings. The molecular weight excluding hydrogens is 783 g/mol. The van der Waals surface area contributed by atoms with Gasteiger partial charge in [-0.2, -0.15) is 0 Å². The second-order valence-electron chi connectivity index (χ2n) is 10.7. The van der Waals surface area contributed by atoms with E-state index in [4.69, 9.17) is 19.2 Å². The standard InChI is InChI=1S/C35H32BrIN2O6S/c1-5-43-28(40)19-45-32-24(16-25(36)18-26(32)37)17-27-33(41)39-31(23-14-12-21(13-15-23)20(3)4)29(34(42)44-6-2)30(38-35(39)46-27)22-10-8-7-9-11-22/h7-18,20,31H,5-6,19H2,1-4H3/b27-17-/t31-/m1/s1. The van der Waals surface area contributed by atoms with Crippen molar-refractivity contribution in [1.29, 1.82) is 0 Å². The van der Waals surface area contributed by atoms with Crippen molar-refractivity contribution in [3.8, 4) is 5.75 Å².